The van der Waals surface area contributed by atoms with Crippen LogP contribution in [0.2, 0.25) is 0 Å². The third kappa shape index (κ3) is 4.94. The maximum atomic E-state index is 14.2. The Balaban J connectivity index is 1.44. The molecule has 1 aromatic heterocycles. The van der Waals surface area contributed by atoms with E-state index in [-0.39, 0.29) is 41.7 Å². The first-order valence-corrected chi connectivity index (χ1v) is 11.4. The number of hydrogen-bond acceptors (Lipinski definition) is 11. The molecule has 0 saturated carbocycles. The molecule has 0 spiro atoms. The van der Waals surface area contributed by atoms with Crippen LogP contribution in [0.4, 0.5) is 33.6 Å². The molecule has 0 aliphatic carbocycles. The molecular formula is C23H23FN8O4. The van der Waals surface area contributed by atoms with E-state index in [4.69, 9.17) is 9.47 Å². The quantitative estimate of drug-likeness (QED) is 0.279. The van der Waals surface area contributed by atoms with Crippen molar-refractivity contribution >= 4 is 35.4 Å². The number of para-hydroxylation sites is 1. The number of hydrogen-bond donors (Lipinski definition) is 2. The number of halogens is 1. The molecule has 13 heteroatoms. The molecule has 186 valence electrons. The molecule has 0 unspecified atom stereocenters. The summed E-state index contributed by atoms with van der Waals surface area (Å²) in [5.41, 5.74) is 2.95. The Morgan fingerprint density at radius 2 is 1.94 bits per heavy atom. The van der Waals surface area contributed by atoms with Gasteiger partial charge < -0.3 is 19.7 Å². The number of piperidine rings is 1. The molecule has 1 saturated heterocycles. The number of nitrogens with zero attached hydrogens (tertiary/aromatic N) is 6. The minimum absolute atomic E-state index is 0.00826. The van der Waals surface area contributed by atoms with Crippen LogP contribution in [-0.2, 0) is 0 Å². The fourth-order valence-corrected chi connectivity index (χ4v) is 4.05. The summed E-state index contributed by atoms with van der Waals surface area (Å²) in [6.07, 6.45) is 4.39. The topological polar surface area (TPSA) is 140 Å². The van der Waals surface area contributed by atoms with Crippen molar-refractivity contribution in [2.24, 2.45) is 5.10 Å². The van der Waals surface area contributed by atoms with E-state index in [2.05, 4.69) is 42.6 Å². The van der Waals surface area contributed by atoms with Crippen molar-refractivity contribution in [1.82, 2.24) is 15.0 Å². The van der Waals surface area contributed by atoms with E-state index in [1.807, 2.05) is 0 Å². The van der Waals surface area contributed by atoms with Gasteiger partial charge in [0.15, 0.2) is 11.5 Å². The monoisotopic (exact) mass is 494 g/mol. The third-order valence-electron chi connectivity index (χ3n) is 5.89. The minimum Gasteiger partial charge on any atom is -0.454 e. The van der Waals surface area contributed by atoms with Gasteiger partial charge in [0.05, 0.1) is 28.5 Å². The third-order valence-corrected chi connectivity index (χ3v) is 5.89. The highest BCUT2D eigenvalue weighted by Gasteiger charge is 2.24. The van der Waals surface area contributed by atoms with Crippen LogP contribution in [0.1, 0.15) is 31.7 Å². The van der Waals surface area contributed by atoms with E-state index in [9.17, 15) is 14.5 Å². The summed E-state index contributed by atoms with van der Waals surface area (Å²) in [5, 5.41) is 18.5. The SMILES string of the molecule is C[C@@H]1CCCCN1c1nc(N/N=C\c2cc3c(cc2[N+](=O)[O-])OCO3)nc(Nc2ccccc2F)n1. The van der Waals surface area contributed by atoms with E-state index in [1.54, 1.807) is 18.2 Å². The van der Waals surface area contributed by atoms with Gasteiger partial charge in [-0.05, 0) is 44.4 Å². The van der Waals surface area contributed by atoms with Crippen LogP contribution in [-0.4, -0.2) is 45.5 Å². The highest BCUT2D eigenvalue weighted by atomic mass is 19.1. The number of nitrogens with one attached hydrogen (secondary N) is 2. The summed E-state index contributed by atoms with van der Waals surface area (Å²) in [7, 11) is 0. The normalized spacial score (nSPS) is 16.8. The number of benzene rings is 2. The second kappa shape index (κ2) is 9.98. The van der Waals surface area contributed by atoms with Crippen molar-refractivity contribution in [1.29, 1.82) is 0 Å². The lowest BCUT2D eigenvalue weighted by atomic mass is 10.0. The van der Waals surface area contributed by atoms with Gasteiger partial charge in [0.25, 0.3) is 5.69 Å². The molecule has 0 radical (unpaired) electrons. The zero-order valence-electron chi connectivity index (χ0n) is 19.3. The lowest BCUT2D eigenvalue weighted by molar-refractivity contribution is -0.385. The molecule has 0 amide bonds. The predicted octanol–water partition coefficient (Wildman–Crippen LogP) is 4.22. The van der Waals surface area contributed by atoms with E-state index in [0.29, 0.717) is 17.4 Å². The number of hydrazone groups is 1. The number of ether oxygens (including phenoxy) is 2. The van der Waals surface area contributed by atoms with Crippen LogP contribution in [0.3, 0.4) is 0 Å². The van der Waals surface area contributed by atoms with Crippen molar-refractivity contribution in [3.63, 3.8) is 0 Å². The number of anilines is 4. The molecule has 2 N–H and O–H groups in total. The maximum absolute atomic E-state index is 14.2. The summed E-state index contributed by atoms with van der Waals surface area (Å²) < 4.78 is 24.7. The first-order valence-electron chi connectivity index (χ1n) is 11.4. The molecule has 36 heavy (non-hydrogen) atoms. The fraction of sp³-hybridized carbons (Fsp3) is 0.304. The Bertz CT molecular complexity index is 1320. The first-order chi connectivity index (χ1) is 17.5. The molecule has 2 aromatic carbocycles. The van der Waals surface area contributed by atoms with Gasteiger partial charge in [0.2, 0.25) is 24.6 Å². The average molecular weight is 494 g/mol. The van der Waals surface area contributed by atoms with Gasteiger partial charge in [-0.1, -0.05) is 12.1 Å². The molecule has 0 bridgehead atoms. The Morgan fingerprint density at radius 1 is 1.17 bits per heavy atom. The lowest BCUT2D eigenvalue weighted by Crippen LogP contribution is -2.38. The largest absolute Gasteiger partial charge is 0.454 e. The predicted molar refractivity (Wildman–Crippen MR) is 131 cm³/mol. The molecule has 3 aromatic rings. The first kappa shape index (κ1) is 23.2. The van der Waals surface area contributed by atoms with Gasteiger partial charge >= 0.3 is 0 Å². The van der Waals surface area contributed by atoms with E-state index < -0.39 is 10.7 Å². The van der Waals surface area contributed by atoms with Crippen LogP contribution < -0.4 is 25.1 Å². The maximum Gasteiger partial charge on any atom is 0.282 e. The summed E-state index contributed by atoms with van der Waals surface area (Å²) in [6, 6.07) is 9.18. The van der Waals surface area contributed by atoms with Crippen LogP contribution >= 0.6 is 0 Å². The van der Waals surface area contributed by atoms with Gasteiger partial charge in [-0.2, -0.15) is 20.1 Å². The van der Waals surface area contributed by atoms with Gasteiger partial charge in [0, 0.05) is 12.6 Å². The smallest absolute Gasteiger partial charge is 0.282 e. The number of nitro benzene ring substituents is 1. The highest BCUT2D eigenvalue weighted by Crippen LogP contribution is 2.37. The minimum atomic E-state index is -0.529. The van der Waals surface area contributed by atoms with Crippen molar-refractivity contribution in [2.45, 2.75) is 32.2 Å². The molecule has 1 fully saturated rings. The van der Waals surface area contributed by atoms with Crippen molar-refractivity contribution < 1.29 is 18.8 Å². The standard InChI is InChI=1S/C23H23FN8O4/c1-14-6-4-5-9-31(14)23-28-21(26-17-8-3-2-7-16(17)24)27-22(29-23)30-25-12-15-10-19-20(36-13-35-19)11-18(15)32(33)34/h2-3,7-8,10-12,14H,4-6,9,13H2,1H3,(H2,26,27,28,29,30)/b25-12-/t14-/m1/s1. The zero-order valence-corrected chi connectivity index (χ0v) is 19.3. The Labute approximate surface area is 205 Å². The summed E-state index contributed by atoms with van der Waals surface area (Å²) >= 11 is 0. The molecule has 3 heterocycles. The second-order valence-corrected chi connectivity index (χ2v) is 8.32. The van der Waals surface area contributed by atoms with Crippen LogP contribution in [0.15, 0.2) is 41.5 Å². The Hall–Kier alpha value is -4.55. The molecule has 1 atom stereocenters. The van der Waals surface area contributed by atoms with Crippen molar-refractivity contribution in [3.8, 4) is 11.5 Å². The van der Waals surface area contributed by atoms with E-state index in [0.717, 1.165) is 25.8 Å². The van der Waals surface area contributed by atoms with Gasteiger partial charge in [0.1, 0.15) is 5.82 Å². The van der Waals surface area contributed by atoms with E-state index in [1.165, 1.54) is 24.4 Å². The molecule has 2 aliphatic rings. The van der Waals surface area contributed by atoms with Gasteiger partial charge in [-0.25, -0.2) is 9.82 Å². The van der Waals surface area contributed by atoms with Gasteiger partial charge in [-0.3, -0.25) is 10.1 Å². The van der Waals surface area contributed by atoms with Crippen LogP contribution in [0.5, 0.6) is 11.5 Å². The number of nitro groups is 1. The summed E-state index contributed by atoms with van der Waals surface area (Å²) in [5.74, 6) is 0.885. The number of fused-ring (bicyclic) bond motifs is 1. The highest BCUT2D eigenvalue weighted by molar-refractivity contribution is 5.87. The summed E-state index contributed by atoms with van der Waals surface area (Å²) in [4.78, 5) is 26.3. The second-order valence-electron chi connectivity index (χ2n) is 8.32. The zero-order chi connectivity index (χ0) is 25.1. The Morgan fingerprint density at radius 3 is 2.72 bits per heavy atom. The molecule has 2 aliphatic heterocycles. The van der Waals surface area contributed by atoms with Crippen molar-refractivity contribution in [2.75, 3.05) is 29.0 Å². The lowest BCUT2D eigenvalue weighted by Gasteiger charge is -2.33. The number of rotatable bonds is 7. The van der Waals surface area contributed by atoms with E-state index >= 15 is 0 Å². The molecule has 12 nitrogen and oxygen atoms in total. The van der Waals surface area contributed by atoms with Gasteiger partial charge in [-0.15, -0.1) is 0 Å². The molecular weight excluding hydrogens is 471 g/mol. The Kier molecular flexibility index (Phi) is 6.43. The summed E-state index contributed by atoms with van der Waals surface area (Å²) in [6.45, 7) is 2.86. The molecule has 5 rings (SSSR count). The van der Waals surface area contributed by atoms with Crippen molar-refractivity contribution in [3.05, 3.63) is 57.9 Å². The van der Waals surface area contributed by atoms with Crippen LogP contribution in [0, 0.1) is 15.9 Å². The average Bonchev–Trinajstić information content (AvgIpc) is 3.33. The number of aromatic nitrogens is 3. The van der Waals surface area contributed by atoms with Crippen LogP contribution in [0.25, 0.3) is 0 Å². The fourth-order valence-electron chi connectivity index (χ4n) is 4.05.